The molecule has 0 unspecified atom stereocenters. The maximum atomic E-state index is 13.6. The number of nitrogens with two attached hydrogens (primary N) is 1. The van der Waals surface area contributed by atoms with Crippen LogP contribution in [0.15, 0.2) is 47.4 Å². The van der Waals surface area contributed by atoms with E-state index in [1.165, 1.54) is 4.57 Å². The van der Waals surface area contributed by atoms with E-state index >= 15 is 0 Å². The Hall–Kier alpha value is -3.53. The van der Waals surface area contributed by atoms with E-state index in [4.69, 9.17) is 15.2 Å². The van der Waals surface area contributed by atoms with Crippen LogP contribution < -0.4 is 21.1 Å². The summed E-state index contributed by atoms with van der Waals surface area (Å²) in [7, 11) is 1.60. The number of nitrogens with zero attached hydrogens (tertiary/aromatic N) is 2. The summed E-state index contributed by atoms with van der Waals surface area (Å²) in [5.74, 6) is 6.23. The fourth-order valence-electron chi connectivity index (χ4n) is 4.94. The summed E-state index contributed by atoms with van der Waals surface area (Å²) in [6.45, 7) is 1.55. The largest absolute Gasteiger partial charge is 0.489 e. The number of hydrogen-bond donors (Lipinski definition) is 3. The molecule has 0 radical (unpaired) electrons. The number of primary amides is 1. The summed E-state index contributed by atoms with van der Waals surface area (Å²) < 4.78 is 53.0. The fraction of sp³-hybridized carbons (Fsp3) is 0.433. The molecule has 2 aromatic carbocycles. The number of halogens is 3. The zero-order chi connectivity index (χ0) is 30.1. The number of benzene rings is 2. The Morgan fingerprint density at radius 1 is 1.14 bits per heavy atom. The van der Waals surface area contributed by atoms with Gasteiger partial charge in [0.15, 0.2) is 0 Å². The molecule has 2 heterocycles. The second-order valence-electron chi connectivity index (χ2n) is 9.99. The van der Waals surface area contributed by atoms with Gasteiger partial charge >= 0.3 is 6.18 Å². The highest BCUT2D eigenvalue weighted by molar-refractivity contribution is 7.98. The van der Waals surface area contributed by atoms with Crippen molar-refractivity contribution < 1.29 is 27.4 Å². The summed E-state index contributed by atoms with van der Waals surface area (Å²) in [6, 6.07) is 12.9. The lowest BCUT2D eigenvalue weighted by Gasteiger charge is -2.32. The van der Waals surface area contributed by atoms with E-state index in [-0.39, 0.29) is 30.7 Å². The quantitative estimate of drug-likeness (QED) is 0.156. The van der Waals surface area contributed by atoms with Gasteiger partial charge in [-0.1, -0.05) is 12.0 Å². The number of piperidine rings is 1. The number of hydrogen-bond acceptors (Lipinski definition) is 7. The average Bonchev–Trinajstić information content (AvgIpc) is 3.29. The lowest BCUT2D eigenvalue weighted by Crippen LogP contribution is -2.42. The third kappa shape index (κ3) is 8.74. The van der Waals surface area contributed by atoms with Gasteiger partial charge < -0.3 is 30.4 Å². The second kappa shape index (κ2) is 14.6. The van der Waals surface area contributed by atoms with E-state index in [1.54, 1.807) is 37.1 Å². The first-order valence-corrected chi connectivity index (χ1v) is 14.9. The van der Waals surface area contributed by atoms with E-state index in [0.717, 1.165) is 29.1 Å². The molecule has 0 atom stereocenters. The van der Waals surface area contributed by atoms with Crippen LogP contribution in [0.5, 0.6) is 5.75 Å². The van der Waals surface area contributed by atoms with Crippen LogP contribution >= 0.6 is 11.8 Å². The Labute approximate surface area is 248 Å². The van der Waals surface area contributed by atoms with Crippen molar-refractivity contribution in [1.29, 1.82) is 0 Å². The molecule has 42 heavy (non-hydrogen) atoms. The number of alkyl halides is 3. The van der Waals surface area contributed by atoms with Gasteiger partial charge in [0.25, 0.3) is 0 Å². The van der Waals surface area contributed by atoms with Crippen LogP contribution in [-0.4, -0.2) is 80.4 Å². The Balaban J connectivity index is 1.53. The average molecular weight is 604 g/mol. The minimum atomic E-state index is -4.41. The van der Waals surface area contributed by atoms with Crippen molar-refractivity contribution in [2.45, 2.75) is 36.5 Å². The number of fused-ring (bicyclic) bond motifs is 1. The lowest BCUT2D eigenvalue weighted by atomic mass is 10.0. The number of carbonyl (C=O) groups excluding carboxylic acids is 1. The van der Waals surface area contributed by atoms with Gasteiger partial charge in [0.1, 0.15) is 18.9 Å². The van der Waals surface area contributed by atoms with Gasteiger partial charge in [0.2, 0.25) is 5.91 Å². The molecule has 3 aromatic rings. The topological polar surface area (TPSA) is 93.8 Å². The van der Waals surface area contributed by atoms with Crippen LogP contribution in [0.1, 0.15) is 18.5 Å². The Kier molecular flexibility index (Phi) is 10.9. The molecule has 4 rings (SSSR count). The standard InChI is InChI=1S/C30H36F3N5O3S/c1-40-15-16-41-28-18-23(42-2)8-9-26(28)35-12-4-5-22-17-24-25(6-3-7-27(24)38(22)20-30(31,32)33)36-21-10-13-37(14-11-21)19-29(34)39/h3,6-9,17-18,21,35-36H,10-16,19-20H2,1-2H3,(H2,34,39). The smallest absolute Gasteiger partial charge is 0.406 e. The highest BCUT2D eigenvalue weighted by Crippen LogP contribution is 2.32. The summed E-state index contributed by atoms with van der Waals surface area (Å²) in [5.41, 5.74) is 7.55. The number of rotatable bonds is 12. The van der Waals surface area contributed by atoms with Crippen LogP contribution in [0.25, 0.3) is 10.9 Å². The van der Waals surface area contributed by atoms with E-state index < -0.39 is 12.7 Å². The fourth-order valence-corrected chi connectivity index (χ4v) is 5.37. The van der Waals surface area contributed by atoms with E-state index in [1.807, 2.05) is 35.4 Å². The van der Waals surface area contributed by atoms with Crippen LogP contribution in [-0.2, 0) is 16.1 Å². The molecule has 0 spiro atoms. The predicted octanol–water partition coefficient (Wildman–Crippen LogP) is 4.78. The van der Waals surface area contributed by atoms with Crippen molar-refractivity contribution in [3.05, 3.63) is 48.2 Å². The molecule has 226 valence electrons. The summed E-state index contributed by atoms with van der Waals surface area (Å²) in [4.78, 5) is 14.3. The number of likely N-dealkylation sites (tertiary alicyclic amines) is 1. The highest BCUT2D eigenvalue weighted by atomic mass is 32.2. The van der Waals surface area contributed by atoms with Gasteiger partial charge in [0, 0.05) is 42.2 Å². The zero-order valence-electron chi connectivity index (χ0n) is 23.7. The van der Waals surface area contributed by atoms with Gasteiger partial charge in [-0.15, -0.1) is 11.8 Å². The number of anilines is 2. The zero-order valence-corrected chi connectivity index (χ0v) is 24.5. The normalized spacial score (nSPS) is 14.4. The van der Waals surface area contributed by atoms with Gasteiger partial charge in [-0.2, -0.15) is 13.2 Å². The van der Waals surface area contributed by atoms with Crippen molar-refractivity contribution in [3.63, 3.8) is 0 Å². The number of methoxy groups -OCH3 is 1. The molecule has 1 aliphatic heterocycles. The van der Waals surface area contributed by atoms with Crippen LogP contribution in [0, 0.1) is 11.8 Å². The number of amides is 1. The van der Waals surface area contributed by atoms with Gasteiger partial charge in [-0.05, 0) is 61.4 Å². The maximum Gasteiger partial charge on any atom is 0.406 e. The summed E-state index contributed by atoms with van der Waals surface area (Å²) in [6.07, 6.45) is -0.853. The minimum absolute atomic E-state index is 0.127. The Bertz CT molecular complexity index is 1430. The number of thioether (sulfide) groups is 1. The highest BCUT2D eigenvalue weighted by Gasteiger charge is 2.30. The van der Waals surface area contributed by atoms with Crippen molar-refractivity contribution in [1.82, 2.24) is 9.47 Å². The van der Waals surface area contributed by atoms with E-state index in [9.17, 15) is 18.0 Å². The number of nitrogens with one attached hydrogen (secondary N) is 2. The molecule has 12 heteroatoms. The van der Waals surface area contributed by atoms with E-state index in [2.05, 4.69) is 22.5 Å². The number of ether oxygens (including phenoxy) is 2. The molecule has 1 aliphatic rings. The van der Waals surface area contributed by atoms with Gasteiger partial charge in [-0.25, -0.2) is 0 Å². The van der Waals surface area contributed by atoms with Crippen LogP contribution in [0.4, 0.5) is 24.5 Å². The summed E-state index contributed by atoms with van der Waals surface area (Å²) in [5, 5.41) is 7.40. The van der Waals surface area contributed by atoms with Crippen LogP contribution in [0.3, 0.4) is 0 Å². The molecule has 1 fully saturated rings. The molecule has 4 N–H and O–H groups in total. The molecule has 0 saturated carbocycles. The Morgan fingerprint density at radius 2 is 1.93 bits per heavy atom. The van der Waals surface area contributed by atoms with E-state index in [0.29, 0.717) is 43.0 Å². The molecule has 1 amide bonds. The SMILES string of the molecule is COCCOc1cc(SC)ccc1NCC#Cc1cc2c(NC3CCN(CC(N)=O)CC3)cccc2n1CC(F)(F)F. The lowest BCUT2D eigenvalue weighted by molar-refractivity contribution is -0.140. The molecule has 0 bridgehead atoms. The summed E-state index contributed by atoms with van der Waals surface area (Å²) >= 11 is 1.59. The predicted molar refractivity (Wildman–Crippen MR) is 161 cm³/mol. The first-order valence-electron chi connectivity index (χ1n) is 13.7. The van der Waals surface area contributed by atoms with Crippen LogP contribution in [0.2, 0.25) is 0 Å². The van der Waals surface area contributed by atoms with Gasteiger partial charge in [0.05, 0.1) is 36.6 Å². The number of aromatic nitrogens is 1. The number of carbonyl (C=O) groups is 1. The first kappa shape index (κ1) is 31.4. The van der Waals surface area contributed by atoms with Crippen molar-refractivity contribution in [2.24, 2.45) is 5.73 Å². The van der Waals surface area contributed by atoms with Gasteiger partial charge in [-0.3, -0.25) is 9.69 Å². The molecule has 0 aliphatic carbocycles. The third-order valence-electron chi connectivity index (χ3n) is 6.93. The van der Waals surface area contributed by atoms with Crippen molar-refractivity contribution >= 4 is 39.9 Å². The first-order chi connectivity index (χ1) is 20.2. The molecular formula is C30H36F3N5O3S. The molecule has 8 nitrogen and oxygen atoms in total. The van der Waals surface area contributed by atoms with Crippen molar-refractivity contribution in [2.75, 3.05) is 63.4 Å². The monoisotopic (exact) mass is 603 g/mol. The minimum Gasteiger partial charge on any atom is -0.489 e. The molecule has 1 saturated heterocycles. The second-order valence-corrected chi connectivity index (χ2v) is 10.9. The maximum absolute atomic E-state index is 13.6. The molecule has 1 aromatic heterocycles. The van der Waals surface area contributed by atoms with Crippen molar-refractivity contribution in [3.8, 4) is 17.6 Å². The molecular weight excluding hydrogens is 567 g/mol. The Morgan fingerprint density at radius 3 is 2.62 bits per heavy atom. The third-order valence-corrected chi connectivity index (χ3v) is 7.65.